The summed E-state index contributed by atoms with van der Waals surface area (Å²) in [6.45, 7) is 1.62. The number of benzene rings is 2. The highest BCUT2D eigenvalue weighted by Crippen LogP contribution is 2.43. The minimum atomic E-state index is -0.528. The van der Waals surface area contributed by atoms with Gasteiger partial charge < -0.3 is 14.1 Å². The Balaban J connectivity index is 1.14. The van der Waals surface area contributed by atoms with Gasteiger partial charge in [-0.25, -0.2) is 14.8 Å². The first kappa shape index (κ1) is 18.9. The van der Waals surface area contributed by atoms with E-state index in [1.54, 1.807) is 11.0 Å². The number of aromatic nitrogens is 3. The van der Waals surface area contributed by atoms with E-state index < -0.39 is 11.4 Å². The van der Waals surface area contributed by atoms with Gasteiger partial charge >= 0.3 is 5.76 Å². The highest BCUT2D eigenvalue weighted by molar-refractivity contribution is 5.78. The zero-order valence-electron chi connectivity index (χ0n) is 17.2. The van der Waals surface area contributed by atoms with E-state index in [9.17, 15) is 9.59 Å². The lowest BCUT2D eigenvalue weighted by Gasteiger charge is -2.47. The quantitative estimate of drug-likeness (QED) is 0.497. The van der Waals surface area contributed by atoms with Gasteiger partial charge in [0, 0.05) is 30.3 Å². The molecule has 0 bridgehead atoms. The molecule has 4 heterocycles. The van der Waals surface area contributed by atoms with Crippen LogP contribution in [0.5, 0.6) is 0 Å². The monoisotopic (exact) mass is 428 g/mol. The van der Waals surface area contributed by atoms with Crippen LogP contribution in [0.15, 0.2) is 70.0 Å². The molecular formula is C24H20N4O4. The molecule has 0 unspecified atom stereocenters. The van der Waals surface area contributed by atoms with Crippen LogP contribution in [-0.4, -0.2) is 38.4 Å². The van der Waals surface area contributed by atoms with Crippen molar-refractivity contribution in [2.45, 2.75) is 25.2 Å². The predicted molar refractivity (Wildman–Crippen MR) is 116 cm³/mol. The van der Waals surface area contributed by atoms with Crippen LogP contribution >= 0.6 is 0 Å². The van der Waals surface area contributed by atoms with Gasteiger partial charge in [0.15, 0.2) is 11.4 Å². The van der Waals surface area contributed by atoms with Crippen LogP contribution in [0.1, 0.15) is 17.7 Å². The first-order chi connectivity index (χ1) is 15.6. The van der Waals surface area contributed by atoms with Crippen molar-refractivity contribution in [2.75, 3.05) is 13.1 Å². The molecule has 1 spiro atoms. The number of nitrogens with zero attached hydrogens (tertiary/aromatic N) is 4. The Labute approximate surface area is 183 Å². The van der Waals surface area contributed by atoms with E-state index >= 15 is 0 Å². The van der Waals surface area contributed by atoms with E-state index in [2.05, 4.69) is 4.98 Å². The molecule has 0 N–H and O–H groups in total. The Morgan fingerprint density at radius 1 is 1.06 bits per heavy atom. The molecule has 6 rings (SSSR count). The van der Waals surface area contributed by atoms with E-state index in [0.29, 0.717) is 36.6 Å². The molecule has 4 aromatic rings. The Hall–Kier alpha value is -3.78. The molecule has 8 nitrogen and oxygen atoms in total. The third-order valence-corrected chi connectivity index (χ3v) is 6.24. The van der Waals surface area contributed by atoms with Gasteiger partial charge in [-0.05, 0) is 12.1 Å². The minimum Gasteiger partial charge on any atom is -0.408 e. The topological polar surface area (TPSA) is 90.5 Å². The van der Waals surface area contributed by atoms with Crippen molar-refractivity contribution in [2.24, 2.45) is 0 Å². The fraction of sp³-hybridized carbons (Fsp3) is 0.250. The smallest absolute Gasteiger partial charge is 0.408 e. The van der Waals surface area contributed by atoms with Crippen molar-refractivity contribution in [1.82, 2.24) is 19.4 Å². The third kappa shape index (κ3) is 2.95. The van der Waals surface area contributed by atoms with Crippen LogP contribution in [-0.2, 0) is 28.3 Å². The number of carbonyl (C=O) groups excluding carboxylic acids is 1. The molecule has 1 amide bonds. The average molecular weight is 428 g/mol. The second kappa shape index (κ2) is 7.13. The molecule has 8 heteroatoms. The SMILES string of the molecule is O=C(CCn1c(=O)oc2ccccc21)N1CC2(C1)OCc1nc(-c3ccccc3)ncc12. The van der Waals surface area contributed by atoms with Gasteiger partial charge in [0.2, 0.25) is 5.91 Å². The second-order valence-electron chi connectivity index (χ2n) is 8.19. The Bertz CT molecular complexity index is 1390. The highest BCUT2D eigenvalue weighted by Gasteiger charge is 2.52. The molecule has 0 aliphatic carbocycles. The number of hydrogen-bond donors (Lipinski definition) is 0. The molecular weight excluding hydrogens is 408 g/mol. The van der Waals surface area contributed by atoms with Gasteiger partial charge in [-0.3, -0.25) is 9.36 Å². The summed E-state index contributed by atoms with van der Waals surface area (Å²) in [7, 11) is 0. The van der Waals surface area contributed by atoms with Gasteiger partial charge in [-0.2, -0.15) is 0 Å². The lowest BCUT2D eigenvalue weighted by molar-refractivity contribution is -0.168. The maximum absolute atomic E-state index is 12.8. The summed E-state index contributed by atoms with van der Waals surface area (Å²) in [5.41, 5.74) is 3.49. The normalized spacial score (nSPS) is 16.3. The van der Waals surface area contributed by atoms with E-state index in [1.807, 2.05) is 54.7 Å². The van der Waals surface area contributed by atoms with Gasteiger partial charge in [-0.1, -0.05) is 42.5 Å². The maximum Gasteiger partial charge on any atom is 0.419 e. The number of aryl methyl sites for hydroxylation is 1. The molecule has 160 valence electrons. The van der Waals surface area contributed by atoms with Crippen molar-refractivity contribution in [3.8, 4) is 11.4 Å². The number of oxazole rings is 1. The van der Waals surface area contributed by atoms with Crippen LogP contribution in [0.25, 0.3) is 22.5 Å². The molecule has 1 fully saturated rings. The summed E-state index contributed by atoms with van der Waals surface area (Å²) in [6.07, 6.45) is 2.05. The summed E-state index contributed by atoms with van der Waals surface area (Å²) >= 11 is 0. The molecule has 1 saturated heterocycles. The zero-order chi connectivity index (χ0) is 21.7. The summed E-state index contributed by atoms with van der Waals surface area (Å²) in [6, 6.07) is 17.0. The number of likely N-dealkylation sites (tertiary alicyclic amines) is 1. The fourth-order valence-corrected chi connectivity index (χ4v) is 4.52. The largest absolute Gasteiger partial charge is 0.419 e. The molecule has 2 aromatic carbocycles. The standard InChI is InChI=1S/C24H20N4O4/c29-21(10-11-28-19-8-4-5-9-20(19)32-23(28)30)27-14-24(15-27)17-12-25-22(26-18(17)13-31-24)16-6-2-1-3-7-16/h1-9,12H,10-11,13-15H2. The summed E-state index contributed by atoms with van der Waals surface area (Å²) in [5, 5.41) is 0. The average Bonchev–Trinajstić information content (AvgIpc) is 3.34. The number of para-hydroxylation sites is 2. The Morgan fingerprint density at radius 3 is 2.69 bits per heavy atom. The number of carbonyl (C=O) groups is 1. The predicted octanol–water partition coefficient (Wildman–Crippen LogP) is 2.71. The van der Waals surface area contributed by atoms with Crippen LogP contribution in [0.2, 0.25) is 0 Å². The Kier molecular flexibility index (Phi) is 4.22. The minimum absolute atomic E-state index is 0.0216. The maximum atomic E-state index is 12.8. The van der Waals surface area contributed by atoms with E-state index in [1.165, 1.54) is 4.57 Å². The Morgan fingerprint density at radius 2 is 1.84 bits per heavy atom. The van der Waals surface area contributed by atoms with Crippen LogP contribution in [0.4, 0.5) is 0 Å². The third-order valence-electron chi connectivity index (χ3n) is 6.24. The van der Waals surface area contributed by atoms with E-state index in [-0.39, 0.29) is 18.9 Å². The number of hydrogen-bond acceptors (Lipinski definition) is 6. The number of ether oxygens (including phenoxy) is 1. The lowest BCUT2D eigenvalue weighted by atomic mass is 9.87. The number of rotatable bonds is 4. The van der Waals surface area contributed by atoms with E-state index in [0.717, 1.165) is 16.8 Å². The van der Waals surface area contributed by atoms with Gasteiger partial charge in [0.05, 0.1) is 30.9 Å². The van der Waals surface area contributed by atoms with Gasteiger partial charge in [0.1, 0.15) is 5.60 Å². The molecule has 2 aromatic heterocycles. The summed E-state index contributed by atoms with van der Waals surface area (Å²) in [5.74, 6) is 0.209. The second-order valence-corrected chi connectivity index (χ2v) is 8.19. The molecule has 0 atom stereocenters. The summed E-state index contributed by atoms with van der Waals surface area (Å²) in [4.78, 5) is 35.8. The first-order valence-corrected chi connectivity index (χ1v) is 10.5. The lowest BCUT2D eigenvalue weighted by Crippen LogP contribution is -2.61. The molecule has 32 heavy (non-hydrogen) atoms. The fourth-order valence-electron chi connectivity index (χ4n) is 4.52. The molecule has 0 saturated carbocycles. The van der Waals surface area contributed by atoms with Gasteiger partial charge in [0.25, 0.3) is 0 Å². The van der Waals surface area contributed by atoms with Crippen LogP contribution in [0.3, 0.4) is 0 Å². The van der Waals surface area contributed by atoms with Crippen molar-refractivity contribution in [1.29, 1.82) is 0 Å². The van der Waals surface area contributed by atoms with Crippen molar-refractivity contribution < 1.29 is 13.9 Å². The van der Waals surface area contributed by atoms with Crippen LogP contribution < -0.4 is 5.76 Å². The van der Waals surface area contributed by atoms with Crippen LogP contribution in [0, 0.1) is 0 Å². The number of amides is 1. The van der Waals surface area contributed by atoms with Crippen molar-refractivity contribution in [3.63, 3.8) is 0 Å². The molecule has 2 aliphatic heterocycles. The van der Waals surface area contributed by atoms with Crippen molar-refractivity contribution in [3.05, 3.63) is 82.6 Å². The summed E-state index contributed by atoms with van der Waals surface area (Å²) < 4.78 is 12.8. The van der Waals surface area contributed by atoms with E-state index in [4.69, 9.17) is 14.1 Å². The van der Waals surface area contributed by atoms with Crippen molar-refractivity contribution >= 4 is 17.0 Å². The number of fused-ring (bicyclic) bond motifs is 3. The molecule has 0 radical (unpaired) electrons. The molecule has 2 aliphatic rings. The zero-order valence-corrected chi connectivity index (χ0v) is 17.2. The van der Waals surface area contributed by atoms with Gasteiger partial charge in [-0.15, -0.1) is 0 Å². The first-order valence-electron chi connectivity index (χ1n) is 10.5. The highest BCUT2D eigenvalue weighted by atomic mass is 16.5.